The summed E-state index contributed by atoms with van der Waals surface area (Å²) in [5, 5.41) is 13.0. The highest BCUT2D eigenvalue weighted by Crippen LogP contribution is 2.18. The summed E-state index contributed by atoms with van der Waals surface area (Å²) in [6.45, 7) is 0.272. The van der Waals surface area contributed by atoms with E-state index in [0.717, 1.165) is 11.3 Å². The van der Waals surface area contributed by atoms with Crippen molar-refractivity contribution in [2.24, 2.45) is 5.10 Å². The van der Waals surface area contributed by atoms with Crippen LogP contribution in [-0.2, 0) is 6.61 Å². The van der Waals surface area contributed by atoms with E-state index in [4.69, 9.17) is 9.84 Å². The topological polar surface area (TPSA) is 91.2 Å². The first kappa shape index (κ1) is 21.6. The van der Waals surface area contributed by atoms with Crippen LogP contribution in [0.2, 0.25) is 0 Å². The van der Waals surface area contributed by atoms with E-state index < -0.39 is 5.97 Å². The number of carbonyl (C=O) groups excluding carboxylic acids is 1. The standard InChI is InChI=1S/C24H23N3O4/c1-27(2)21-8-5-7-19(14-21)23(28)26-25-15-20-6-3-4-9-22(20)31-16-17-10-12-18(13-11-17)24(29)30/h3-15H,16H2,1-2H3,(H,26,28)(H,29,30)/b25-15+. The van der Waals surface area contributed by atoms with Crippen LogP contribution in [0.3, 0.4) is 0 Å². The minimum absolute atomic E-state index is 0.225. The molecule has 3 aromatic rings. The van der Waals surface area contributed by atoms with Crippen molar-refractivity contribution in [3.63, 3.8) is 0 Å². The number of aromatic carboxylic acids is 1. The summed E-state index contributed by atoms with van der Waals surface area (Å²) >= 11 is 0. The van der Waals surface area contributed by atoms with Crippen molar-refractivity contribution in [2.75, 3.05) is 19.0 Å². The highest BCUT2D eigenvalue weighted by atomic mass is 16.5. The largest absolute Gasteiger partial charge is 0.488 e. The Morgan fingerprint density at radius 2 is 1.74 bits per heavy atom. The lowest BCUT2D eigenvalue weighted by Gasteiger charge is -2.13. The van der Waals surface area contributed by atoms with Gasteiger partial charge in [0.05, 0.1) is 11.8 Å². The summed E-state index contributed by atoms with van der Waals surface area (Å²) in [6, 6.07) is 21.1. The Balaban J connectivity index is 1.63. The van der Waals surface area contributed by atoms with Crippen molar-refractivity contribution < 1.29 is 19.4 Å². The van der Waals surface area contributed by atoms with E-state index in [1.54, 1.807) is 30.3 Å². The number of anilines is 1. The number of carboxylic acid groups (broad SMARTS) is 1. The molecule has 0 saturated carbocycles. The molecule has 31 heavy (non-hydrogen) atoms. The number of amides is 1. The first-order valence-electron chi connectivity index (χ1n) is 9.59. The van der Waals surface area contributed by atoms with Gasteiger partial charge in [0.1, 0.15) is 12.4 Å². The van der Waals surface area contributed by atoms with Gasteiger partial charge in [-0.1, -0.05) is 30.3 Å². The summed E-state index contributed by atoms with van der Waals surface area (Å²) in [5.74, 6) is -0.682. The number of nitrogens with one attached hydrogen (secondary N) is 1. The van der Waals surface area contributed by atoms with Gasteiger partial charge in [0, 0.05) is 30.9 Å². The van der Waals surface area contributed by atoms with Gasteiger partial charge in [0.15, 0.2) is 0 Å². The van der Waals surface area contributed by atoms with Gasteiger partial charge < -0.3 is 14.7 Å². The Kier molecular flexibility index (Phi) is 7.01. The Hall–Kier alpha value is -4.13. The van der Waals surface area contributed by atoms with E-state index in [2.05, 4.69) is 10.5 Å². The van der Waals surface area contributed by atoms with Crippen molar-refractivity contribution >= 4 is 23.8 Å². The SMILES string of the molecule is CN(C)c1cccc(C(=O)N/N=C/c2ccccc2OCc2ccc(C(=O)O)cc2)c1. The van der Waals surface area contributed by atoms with Crippen LogP contribution in [0.1, 0.15) is 31.8 Å². The number of benzene rings is 3. The monoisotopic (exact) mass is 417 g/mol. The van der Waals surface area contributed by atoms with Crippen molar-refractivity contribution in [1.29, 1.82) is 0 Å². The number of nitrogens with zero attached hydrogens (tertiary/aromatic N) is 2. The van der Waals surface area contributed by atoms with Crippen LogP contribution in [0.4, 0.5) is 5.69 Å². The molecular formula is C24H23N3O4. The third-order valence-corrected chi connectivity index (χ3v) is 4.51. The molecule has 7 heteroatoms. The van der Waals surface area contributed by atoms with Gasteiger partial charge in [-0.05, 0) is 48.0 Å². The molecule has 3 aromatic carbocycles. The van der Waals surface area contributed by atoms with E-state index in [9.17, 15) is 9.59 Å². The fraction of sp³-hybridized carbons (Fsp3) is 0.125. The lowest BCUT2D eigenvalue weighted by Crippen LogP contribution is -2.18. The maximum Gasteiger partial charge on any atom is 0.335 e. The number of ether oxygens (including phenoxy) is 1. The number of para-hydroxylation sites is 1. The molecule has 158 valence electrons. The maximum atomic E-state index is 12.4. The lowest BCUT2D eigenvalue weighted by atomic mass is 10.1. The molecule has 0 saturated heterocycles. The zero-order chi connectivity index (χ0) is 22.2. The summed E-state index contributed by atoms with van der Waals surface area (Å²) in [7, 11) is 3.82. The fourth-order valence-electron chi connectivity index (χ4n) is 2.77. The number of hydrogen-bond donors (Lipinski definition) is 2. The van der Waals surface area contributed by atoms with Gasteiger partial charge in [-0.3, -0.25) is 4.79 Å². The van der Waals surface area contributed by atoms with E-state index >= 15 is 0 Å². The zero-order valence-electron chi connectivity index (χ0n) is 17.3. The summed E-state index contributed by atoms with van der Waals surface area (Å²) in [5.41, 5.74) is 5.73. The number of rotatable bonds is 8. The van der Waals surface area contributed by atoms with Gasteiger partial charge in [-0.15, -0.1) is 0 Å². The van der Waals surface area contributed by atoms with Gasteiger partial charge in [-0.2, -0.15) is 5.10 Å². The molecule has 7 nitrogen and oxygen atoms in total. The normalized spacial score (nSPS) is 10.6. The summed E-state index contributed by atoms with van der Waals surface area (Å²) in [6.07, 6.45) is 1.52. The summed E-state index contributed by atoms with van der Waals surface area (Å²) < 4.78 is 5.85. The zero-order valence-corrected chi connectivity index (χ0v) is 17.3. The Morgan fingerprint density at radius 1 is 1.00 bits per heavy atom. The minimum Gasteiger partial charge on any atom is -0.488 e. The molecule has 0 heterocycles. The molecule has 0 radical (unpaired) electrons. The van der Waals surface area contributed by atoms with E-state index in [1.165, 1.54) is 18.3 Å². The molecule has 0 aliphatic heterocycles. The Morgan fingerprint density at radius 3 is 2.45 bits per heavy atom. The molecule has 0 fully saturated rings. The summed E-state index contributed by atoms with van der Waals surface area (Å²) in [4.78, 5) is 25.2. The van der Waals surface area contributed by atoms with Gasteiger partial charge in [0.25, 0.3) is 5.91 Å². The second kappa shape index (κ2) is 10.1. The Labute approximate surface area is 180 Å². The molecule has 0 aliphatic rings. The van der Waals surface area contributed by atoms with Crippen LogP contribution >= 0.6 is 0 Å². The van der Waals surface area contributed by atoms with Crippen LogP contribution in [0.5, 0.6) is 5.75 Å². The lowest BCUT2D eigenvalue weighted by molar-refractivity contribution is 0.0696. The third-order valence-electron chi connectivity index (χ3n) is 4.51. The highest BCUT2D eigenvalue weighted by Gasteiger charge is 2.07. The number of hydrogen-bond acceptors (Lipinski definition) is 5. The maximum absolute atomic E-state index is 12.4. The molecule has 0 aromatic heterocycles. The van der Waals surface area contributed by atoms with Crippen LogP contribution in [0.15, 0.2) is 77.9 Å². The number of hydrazone groups is 1. The molecule has 0 spiro atoms. The first-order chi connectivity index (χ1) is 14.9. The predicted octanol–water partition coefficient (Wildman–Crippen LogP) is 3.79. The van der Waals surface area contributed by atoms with Crippen LogP contribution < -0.4 is 15.1 Å². The van der Waals surface area contributed by atoms with Crippen LogP contribution in [0.25, 0.3) is 0 Å². The molecule has 3 rings (SSSR count). The molecular weight excluding hydrogens is 394 g/mol. The first-order valence-corrected chi connectivity index (χ1v) is 9.59. The van der Waals surface area contributed by atoms with Crippen molar-refractivity contribution in [3.8, 4) is 5.75 Å². The number of carbonyl (C=O) groups is 2. The average Bonchev–Trinajstić information content (AvgIpc) is 2.78. The highest BCUT2D eigenvalue weighted by molar-refractivity contribution is 5.96. The van der Waals surface area contributed by atoms with E-state index in [0.29, 0.717) is 16.9 Å². The minimum atomic E-state index is -0.968. The molecule has 0 atom stereocenters. The smallest absolute Gasteiger partial charge is 0.335 e. The van der Waals surface area contributed by atoms with Crippen molar-refractivity contribution in [3.05, 3.63) is 95.1 Å². The average molecular weight is 417 g/mol. The van der Waals surface area contributed by atoms with Crippen molar-refractivity contribution in [1.82, 2.24) is 5.43 Å². The fourth-order valence-corrected chi connectivity index (χ4v) is 2.77. The second-order valence-corrected chi connectivity index (χ2v) is 6.97. The molecule has 1 amide bonds. The quantitative estimate of drug-likeness (QED) is 0.430. The van der Waals surface area contributed by atoms with E-state index in [-0.39, 0.29) is 18.1 Å². The number of carboxylic acids is 1. The molecule has 0 unspecified atom stereocenters. The second-order valence-electron chi connectivity index (χ2n) is 6.97. The van der Waals surface area contributed by atoms with Gasteiger partial charge in [0.2, 0.25) is 0 Å². The molecule has 0 bridgehead atoms. The van der Waals surface area contributed by atoms with Gasteiger partial charge in [-0.25, -0.2) is 10.2 Å². The van der Waals surface area contributed by atoms with Crippen molar-refractivity contribution in [2.45, 2.75) is 6.61 Å². The predicted molar refractivity (Wildman–Crippen MR) is 120 cm³/mol. The van der Waals surface area contributed by atoms with Crippen LogP contribution in [-0.4, -0.2) is 37.3 Å². The van der Waals surface area contributed by atoms with Crippen LogP contribution in [0, 0.1) is 0 Å². The Bertz CT molecular complexity index is 1090. The molecule has 0 aliphatic carbocycles. The van der Waals surface area contributed by atoms with Gasteiger partial charge >= 0.3 is 5.97 Å². The van der Waals surface area contributed by atoms with E-state index in [1.807, 2.05) is 49.3 Å². The molecule has 2 N–H and O–H groups in total. The third kappa shape index (κ3) is 5.93.